The first kappa shape index (κ1) is 7.74. The van der Waals surface area contributed by atoms with Gasteiger partial charge in [-0.2, -0.15) is 0 Å². The molecule has 1 aliphatic carbocycles. The molecule has 12 heavy (non-hydrogen) atoms. The Morgan fingerprint density at radius 2 is 2.25 bits per heavy atom. The molecule has 0 unspecified atom stereocenters. The summed E-state index contributed by atoms with van der Waals surface area (Å²) >= 11 is 0. The van der Waals surface area contributed by atoms with Crippen LogP contribution in [0.15, 0.2) is 12.1 Å². The number of hydrogen-bond acceptors (Lipinski definition) is 2. The van der Waals surface area contributed by atoms with E-state index in [1.807, 2.05) is 6.92 Å². The number of rotatable bonds is 0. The van der Waals surface area contributed by atoms with Crippen LogP contribution in [0.5, 0.6) is 0 Å². The average molecular weight is 162 g/mol. The van der Waals surface area contributed by atoms with Gasteiger partial charge in [-0.25, -0.2) is 0 Å². The Hall–Kier alpha value is -0.890. The van der Waals surface area contributed by atoms with Crippen molar-refractivity contribution < 1.29 is 0 Å². The zero-order valence-corrected chi connectivity index (χ0v) is 7.59. The molecule has 0 saturated heterocycles. The monoisotopic (exact) mass is 162 g/mol. The third-order valence-corrected chi connectivity index (χ3v) is 2.57. The molecule has 0 spiro atoms. The van der Waals surface area contributed by atoms with Crippen LogP contribution in [0.2, 0.25) is 0 Å². The Kier molecular flexibility index (Phi) is 1.48. The molecule has 0 aromatic carbocycles. The van der Waals surface area contributed by atoms with Crippen molar-refractivity contribution in [2.45, 2.75) is 32.2 Å². The van der Waals surface area contributed by atoms with Crippen LogP contribution in [0.3, 0.4) is 0 Å². The first-order valence-electron chi connectivity index (χ1n) is 4.35. The highest BCUT2D eigenvalue weighted by atomic mass is 14.9. The molecule has 1 atom stereocenters. The second-order valence-electron chi connectivity index (χ2n) is 3.88. The Labute approximate surface area is 72.8 Å². The van der Waals surface area contributed by atoms with E-state index in [4.69, 9.17) is 5.73 Å². The second-order valence-corrected chi connectivity index (χ2v) is 3.88. The van der Waals surface area contributed by atoms with Crippen molar-refractivity contribution in [1.29, 1.82) is 0 Å². The smallest absolute Gasteiger partial charge is 0.0634 e. The van der Waals surface area contributed by atoms with Crippen LogP contribution in [0.1, 0.15) is 30.3 Å². The lowest BCUT2D eigenvalue weighted by atomic mass is 10.0. The summed E-state index contributed by atoms with van der Waals surface area (Å²) in [6, 6.07) is 4.20. The SMILES string of the molecule is Cc1ccc2c(n1)[C@](C)(N)CC2. The molecule has 0 bridgehead atoms. The van der Waals surface area contributed by atoms with Gasteiger partial charge in [0.1, 0.15) is 0 Å². The van der Waals surface area contributed by atoms with E-state index in [2.05, 4.69) is 24.0 Å². The summed E-state index contributed by atoms with van der Waals surface area (Å²) in [7, 11) is 0. The van der Waals surface area contributed by atoms with Gasteiger partial charge in [-0.3, -0.25) is 4.98 Å². The van der Waals surface area contributed by atoms with Crippen molar-refractivity contribution in [3.63, 3.8) is 0 Å². The van der Waals surface area contributed by atoms with Gasteiger partial charge in [0, 0.05) is 5.69 Å². The Balaban J connectivity index is 2.57. The summed E-state index contributed by atoms with van der Waals surface area (Å²) in [5, 5.41) is 0. The second kappa shape index (κ2) is 2.30. The number of aromatic nitrogens is 1. The molecule has 0 aliphatic heterocycles. The van der Waals surface area contributed by atoms with Crippen molar-refractivity contribution in [2.75, 3.05) is 0 Å². The fraction of sp³-hybridized carbons (Fsp3) is 0.500. The van der Waals surface area contributed by atoms with Gasteiger partial charge in [0.15, 0.2) is 0 Å². The summed E-state index contributed by atoms with van der Waals surface area (Å²) in [6.45, 7) is 4.07. The number of nitrogens with two attached hydrogens (primary N) is 1. The van der Waals surface area contributed by atoms with E-state index in [0.29, 0.717) is 0 Å². The minimum Gasteiger partial charge on any atom is -0.320 e. The Morgan fingerprint density at radius 3 is 3.00 bits per heavy atom. The molecule has 2 nitrogen and oxygen atoms in total. The molecule has 1 aliphatic rings. The molecule has 0 saturated carbocycles. The summed E-state index contributed by atoms with van der Waals surface area (Å²) in [5.74, 6) is 0. The van der Waals surface area contributed by atoms with Crippen LogP contribution < -0.4 is 5.73 Å². The third-order valence-electron chi connectivity index (χ3n) is 2.57. The van der Waals surface area contributed by atoms with Crippen LogP contribution in [-0.2, 0) is 12.0 Å². The molecule has 0 fully saturated rings. The lowest BCUT2D eigenvalue weighted by molar-refractivity contribution is 0.479. The van der Waals surface area contributed by atoms with Crippen molar-refractivity contribution in [3.05, 3.63) is 29.1 Å². The molecule has 1 heterocycles. The highest BCUT2D eigenvalue weighted by Crippen LogP contribution is 2.32. The fourth-order valence-electron chi connectivity index (χ4n) is 1.79. The van der Waals surface area contributed by atoms with Crippen molar-refractivity contribution in [2.24, 2.45) is 5.73 Å². The average Bonchev–Trinajstić information content (AvgIpc) is 2.28. The highest BCUT2D eigenvalue weighted by molar-refractivity contribution is 5.33. The number of nitrogens with zero attached hydrogens (tertiary/aromatic N) is 1. The van der Waals surface area contributed by atoms with Gasteiger partial charge in [-0.05, 0) is 38.3 Å². The van der Waals surface area contributed by atoms with Gasteiger partial charge in [0.25, 0.3) is 0 Å². The van der Waals surface area contributed by atoms with Gasteiger partial charge in [0.2, 0.25) is 0 Å². The third kappa shape index (κ3) is 1.03. The Morgan fingerprint density at radius 1 is 1.50 bits per heavy atom. The molecular weight excluding hydrogens is 148 g/mol. The maximum Gasteiger partial charge on any atom is 0.0634 e. The van der Waals surface area contributed by atoms with Gasteiger partial charge >= 0.3 is 0 Å². The van der Waals surface area contributed by atoms with Crippen molar-refractivity contribution in [1.82, 2.24) is 4.98 Å². The van der Waals surface area contributed by atoms with E-state index in [1.165, 1.54) is 5.56 Å². The van der Waals surface area contributed by atoms with Crippen LogP contribution >= 0.6 is 0 Å². The van der Waals surface area contributed by atoms with E-state index in [0.717, 1.165) is 24.2 Å². The van der Waals surface area contributed by atoms with Crippen LogP contribution in [0.4, 0.5) is 0 Å². The van der Waals surface area contributed by atoms with Crippen LogP contribution in [0.25, 0.3) is 0 Å². The topological polar surface area (TPSA) is 38.9 Å². The molecular formula is C10H14N2. The number of fused-ring (bicyclic) bond motifs is 1. The molecule has 0 radical (unpaired) electrons. The van der Waals surface area contributed by atoms with Gasteiger partial charge < -0.3 is 5.73 Å². The van der Waals surface area contributed by atoms with Crippen LogP contribution in [-0.4, -0.2) is 4.98 Å². The standard InChI is InChI=1S/C10H14N2/c1-7-3-4-8-5-6-10(2,11)9(8)12-7/h3-4H,5-6,11H2,1-2H3/t10-/m1/s1. The first-order valence-corrected chi connectivity index (χ1v) is 4.35. The predicted molar refractivity (Wildman–Crippen MR) is 48.8 cm³/mol. The van der Waals surface area contributed by atoms with Crippen LogP contribution in [0, 0.1) is 6.92 Å². The molecule has 0 amide bonds. The summed E-state index contributed by atoms with van der Waals surface area (Å²) in [5.41, 5.74) is 9.39. The number of pyridine rings is 1. The maximum absolute atomic E-state index is 6.10. The molecule has 1 aromatic rings. The normalized spacial score (nSPS) is 27.2. The van der Waals surface area contributed by atoms with Gasteiger partial charge in [-0.15, -0.1) is 0 Å². The fourth-order valence-corrected chi connectivity index (χ4v) is 1.79. The van der Waals surface area contributed by atoms with Crippen molar-refractivity contribution >= 4 is 0 Å². The number of hydrogen-bond donors (Lipinski definition) is 1. The lowest BCUT2D eigenvalue weighted by Crippen LogP contribution is -2.30. The first-order chi connectivity index (χ1) is 5.59. The van der Waals surface area contributed by atoms with E-state index in [1.54, 1.807) is 0 Å². The Bertz CT molecular complexity index is 316. The summed E-state index contributed by atoms with van der Waals surface area (Å²) in [6.07, 6.45) is 2.11. The van der Waals surface area contributed by atoms with Gasteiger partial charge in [0.05, 0.1) is 11.2 Å². The number of aryl methyl sites for hydroxylation is 2. The lowest BCUT2D eigenvalue weighted by Gasteiger charge is -2.17. The highest BCUT2D eigenvalue weighted by Gasteiger charge is 2.31. The van der Waals surface area contributed by atoms with E-state index < -0.39 is 0 Å². The molecule has 2 rings (SSSR count). The molecule has 2 heteroatoms. The zero-order valence-electron chi connectivity index (χ0n) is 7.59. The molecule has 64 valence electrons. The zero-order chi connectivity index (χ0) is 8.77. The van der Waals surface area contributed by atoms with E-state index in [-0.39, 0.29) is 5.54 Å². The van der Waals surface area contributed by atoms with Crippen molar-refractivity contribution in [3.8, 4) is 0 Å². The maximum atomic E-state index is 6.10. The molecule has 1 aromatic heterocycles. The van der Waals surface area contributed by atoms with E-state index >= 15 is 0 Å². The van der Waals surface area contributed by atoms with Gasteiger partial charge in [-0.1, -0.05) is 6.07 Å². The summed E-state index contributed by atoms with van der Waals surface area (Å²) < 4.78 is 0. The quantitative estimate of drug-likeness (QED) is 0.628. The van der Waals surface area contributed by atoms with E-state index in [9.17, 15) is 0 Å². The minimum atomic E-state index is -0.193. The summed E-state index contributed by atoms with van der Waals surface area (Å²) in [4.78, 5) is 4.48. The largest absolute Gasteiger partial charge is 0.320 e. The molecule has 2 N–H and O–H groups in total. The minimum absolute atomic E-state index is 0.193. The predicted octanol–water partition coefficient (Wildman–Crippen LogP) is 1.51.